The molecule has 0 aromatic heterocycles. The molecule has 0 aliphatic carbocycles. The maximum atomic E-state index is 13.3. The second kappa shape index (κ2) is 9.83. The summed E-state index contributed by atoms with van der Waals surface area (Å²) in [5.74, 6) is -0.770. The van der Waals surface area contributed by atoms with Crippen molar-refractivity contribution in [1.82, 2.24) is 9.62 Å². The molecule has 1 aliphatic heterocycles. The van der Waals surface area contributed by atoms with E-state index in [2.05, 4.69) is 5.32 Å². The van der Waals surface area contributed by atoms with Gasteiger partial charge < -0.3 is 10.2 Å². The second-order valence-electron chi connectivity index (χ2n) is 8.18. The third-order valence-electron chi connectivity index (χ3n) is 5.81. The molecule has 0 bridgehead atoms. The van der Waals surface area contributed by atoms with Gasteiger partial charge in [0.25, 0.3) is 5.91 Å². The number of rotatable bonds is 8. The summed E-state index contributed by atoms with van der Waals surface area (Å²) in [6, 6.07) is 13.0. The number of hydrogen-bond acceptors (Lipinski definition) is 4. The van der Waals surface area contributed by atoms with Crippen molar-refractivity contribution in [3.05, 3.63) is 59.7 Å². The molecule has 1 aliphatic rings. The maximum Gasteiger partial charge on any atom is 0.251 e. The Balaban J connectivity index is 1.83. The van der Waals surface area contributed by atoms with E-state index in [0.717, 1.165) is 17.7 Å². The van der Waals surface area contributed by atoms with E-state index in [1.807, 2.05) is 38.1 Å². The van der Waals surface area contributed by atoms with Crippen LogP contribution in [-0.2, 0) is 21.2 Å². The van der Waals surface area contributed by atoms with Gasteiger partial charge in [-0.25, -0.2) is 8.42 Å². The van der Waals surface area contributed by atoms with Gasteiger partial charge in [-0.15, -0.1) is 0 Å². The summed E-state index contributed by atoms with van der Waals surface area (Å²) < 4.78 is 27.0. The summed E-state index contributed by atoms with van der Waals surface area (Å²) in [7, 11) is -3.69. The highest BCUT2D eigenvalue weighted by Crippen LogP contribution is 2.28. The SMILES string of the molecule is CCN(CC)S(=O)(=O)c1cccc(C(=O)N[C@@H](C(=O)N2CCc3ccccc32)C(C)C)c1. The molecule has 1 atom stereocenters. The van der Waals surface area contributed by atoms with Gasteiger partial charge in [-0.3, -0.25) is 9.59 Å². The molecule has 8 heteroatoms. The Labute approximate surface area is 190 Å². The van der Waals surface area contributed by atoms with Crippen LogP contribution in [0.3, 0.4) is 0 Å². The number of nitrogens with zero attached hydrogens (tertiary/aromatic N) is 2. The zero-order chi connectivity index (χ0) is 23.5. The number of benzene rings is 2. The van der Waals surface area contributed by atoms with Gasteiger partial charge in [-0.05, 0) is 42.2 Å². The lowest BCUT2D eigenvalue weighted by molar-refractivity contribution is -0.121. The molecule has 0 spiro atoms. The molecule has 2 aromatic rings. The monoisotopic (exact) mass is 457 g/mol. The fourth-order valence-corrected chi connectivity index (χ4v) is 5.49. The Kier molecular flexibility index (Phi) is 7.36. The van der Waals surface area contributed by atoms with Gasteiger partial charge in [0.05, 0.1) is 4.90 Å². The minimum atomic E-state index is -3.69. The van der Waals surface area contributed by atoms with Gasteiger partial charge in [0, 0.05) is 30.9 Å². The molecule has 0 radical (unpaired) electrons. The quantitative estimate of drug-likeness (QED) is 0.660. The lowest BCUT2D eigenvalue weighted by Gasteiger charge is -2.27. The number of para-hydroxylation sites is 1. The fourth-order valence-electron chi connectivity index (χ4n) is 3.98. The highest BCUT2D eigenvalue weighted by molar-refractivity contribution is 7.89. The molecular weight excluding hydrogens is 426 g/mol. The molecule has 172 valence electrons. The topological polar surface area (TPSA) is 86.8 Å². The van der Waals surface area contributed by atoms with E-state index in [4.69, 9.17) is 0 Å². The molecule has 3 rings (SSSR count). The predicted molar refractivity (Wildman–Crippen MR) is 125 cm³/mol. The van der Waals surface area contributed by atoms with Crippen LogP contribution >= 0.6 is 0 Å². The summed E-state index contributed by atoms with van der Waals surface area (Å²) in [6.07, 6.45) is 0.784. The molecule has 0 fully saturated rings. The third kappa shape index (κ3) is 4.71. The van der Waals surface area contributed by atoms with Crippen LogP contribution in [0.5, 0.6) is 0 Å². The van der Waals surface area contributed by atoms with Gasteiger partial charge in [0.15, 0.2) is 0 Å². The van der Waals surface area contributed by atoms with Gasteiger partial charge in [0.2, 0.25) is 15.9 Å². The van der Waals surface area contributed by atoms with E-state index in [0.29, 0.717) is 19.6 Å². The zero-order valence-corrected chi connectivity index (χ0v) is 19.9. The zero-order valence-electron chi connectivity index (χ0n) is 19.0. The van der Waals surface area contributed by atoms with Gasteiger partial charge in [0.1, 0.15) is 6.04 Å². The van der Waals surface area contributed by atoms with Crippen LogP contribution < -0.4 is 10.2 Å². The summed E-state index contributed by atoms with van der Waals surface area (Å²) in [5, 5.41) is 2.84. The maximum absolute atomic E-state index is 13.3. The van der Waals surface area contributed by atoms with Crippen molar-refractivity contribution in [3.8, 4) is 0 Å². The lowest BCUT2D eigenvalue weighted by Crippen LogP contribution is -2.51. The third-order valence-corrected chi connectivity index (χ3v) is 7.86. The Bertz CT molecular complexity index is 1090. The highest BCUT2D eigenvalue weighted by Gasteiger charge is 2.33. The second-order valence-corrected chi connectivity index (χ2v) is 10.1. The minimum absolute atomic E-state index is 0.0646. The van der Waals surface area contributed by atoms with Crippen molar-refractivity contribution in [2.75, 3.05) is 24.5 Å². The minimum Gasteiger partial charge on any atom is -0.340 e. The molecule has 2 amide bonds. The number of carbonyl (C=O) groups excluding carboxylic acids is 2. The number of anilines is 1. The van der Waals surface area contributed by atoms with E-state index in [-0.39, 0.29) is 22.3 Å². The average Bonchev–Trinajstić information content (AvgIpc) is 3.21. The van der Waals surface area contributed by atoms with Crippen LogP contribution in [0.15, 0.2) is 53.4 Å². The Hall–Kier alpha value is -2.71. The first-order valence-corrected chi connectivity index (χ1v) is 12.4. The van der Waals surface area contributed by atoms with Crippen LogP contribution in [-0.4, -0.2) is 50.2 Å². The molecule has 1 N–H and O–H groups in total. The first-order chi connectivity index (χ1) is 15.2. The largest absolute Gasteiger partial charge is 0.340 e. The predicted octanol–water partition coefficient (Wildman–Crippen LogP) is 3.06. The number of nitrogens with one attached hydrogen (secondary N) is 1. The normalized spacial score (nSPS) is 14.5. The smallest absolute Gasteiger partial charge is 0.251 e. The molecule has 0 saturated carbocycles. The van der Waals surface area contributed by atoms with E-state index in [1.54, 1.807) is 30.9 Å². The number of sulfonamides is 1. The van der Waals surface area contributed by atoms with E-state index >= 15 is 0 Å². The number of carbonyl (C=O) groups is 2. The van der Waals surface area contributed by atoms with E-state index < -0.39 is 22.0 Å². The fraction of sp³-hybridized carbons (Fsp3) is 0.417. The number of amides is 2. The van der Waals surface area contributed by atoms with E-state index in [1.165, 1.54) is 16.4 Å². The standard InChI is InChI=1S/C24H31N3O4S/c1-5-26(6-2)32(30,31)20-12-9-11-19(16-20)23(28)25-22(17(3)4)24(29)27-15-14-18-10-7-8-13-21(18)27/h7-13,16-17,22H,5-6,14-15H2,1-4H3,(H,25,28)/t22-/m1/s1. The molecule has 2 aromatic carbocycles. The summed E-state index contributed by atoms with van der Waals surface area (Å²) in [5.41, 5.74) is 2.20. The van der Waals surface area contributed by atoms with Gasteiger partial charge in [-0.2, -0.15) is 4.31 Å². The lowest BCUT2D eigenvalue weighted by atomic mass is 10.0. The van der Waals surface area contributed by atoms with Gasteiger partial charge >= 0.3 is 0 Å². The Morgan fingerprint density at radius 3 is 2.41 bits per heavy atom. The number of fused-ring (bicyclic) bond motifs is 1. The highest BCUT2D eigenvalue weighted by atomic mass is 32.2. The van der Waals surface area contributed by atoms with Crippen LogP contribution in [0.2, 0.25) is 0 Å². The molecule has 1 heterocycles. The van der Waals surface area contributed by atoms with Crippen molar-refractivity contribution in [2.24, 2.45) is 5.92 Å². The van der Waals surface area contributed by atoms with E-state index in [9.17, 15) is 18.0 Å². The molecule has 0 saturated heterocycles. The van der Waals surface area contributed by atoms with Crippen LogP contribution in [0.1, 0.15) is 43.6 Å². The van der Waals surface area contributed by atoms with Crippen molar-refractivity contribution >= 4 is 27.5 Å². The first-order valence-electron chi connectivity index (χ1n) is 11.0. The van der Waals surface area contributed by atoms with Crippen LogP contribution in [0.25, 0.3) is 0 Å². The molecule has 32 heavy (non-hydrogen) atoms. The Morgan fingerprint density at radius 1 is 1.06 bits per heavy atom. The summed E-state index contributed by atoms with van der Waals surface area (Å²) in [4.78, 5) is 28.1. The molecular formula is C24H31N3O4S. The summed E-state index contributed by atoms with van der Waals surface area (Å²) in [6.45, 7) is 8.57. The van der Waals surface area contributed by atoms with Gasteiger partial charge in [-0.1, -0.05) is 52.0 Å². The van der Waals surface area contributed by atoms with Crippen molar-refractivity contribution in [2.45, 2.75) is 45.1 Å². The molecule has 0 unspecified atom stereocenters. The molecule has 7 nitrogen and oxygen atoms in total. The van der Waals surface area contributed by atoms with Crippen LogP contribution in [0, 0.1) is 5.92 Å². The summed E-state index contributed by atoms with van der Waals surface area (Å²) >= 11 is 0. The van der Waals surface area contributed by atoms with Crippen molar-refractivity contribution < 1.29 is 18.0 Å². The first kappa shape index (κ1) is 23.9. The van der Waals surface area contributed by atoms with Crippen LogP contribution in [0.4, 0.5) is 5.69 Å². The van der Waals surface area contributed by atoms with Crippen molar-refractivity contribution in [3.63, 3.8) is 0 Å². The number of hydrogen-bond donors (Lipinski definition) is 1. The Morgan fingerprint density at radius 2 is 1.75 bits per heavy atom. The average molecular weight is 458 g/mol. The van der Waals surface area contributed by atoms with Crippen molar-refractivity contribution in [1.29, 1.82) is 0 Å².